The van der Waals surface area contributed by atoms with E-state index < -0.39 is 5.97 Å². The van der Waals surface area contributed by atoms with Gasteiger partial charge in [0, 0.05) is 10.2 Å². The molecular weight excluding hydrogens is 318 g/mol. The van der Waals surface area contributed by atoms with Crippen molar-refractivity contribution >= 4 is 33.2 Å². The maximum absolute atomic E-state index is 11.7. The zero-order chi connectivity index (χ0) is 13.3. The van der Waals surface area contributed by atoms with E-state index in [0.29, 0.717) is 5.69 Å². The van der Waals surface area contributed by atoms with Crippen molar-refractivity contribution in [3.05, 3.63) is 44.1 Å². The van der Waals surface area contributed by atoms with Gasteiger partial charge in [-0.05, 0) is 24.6 Å². The van der Waals surface area contributed by atoms with Crippen LogP contribution in [0.1, 0.15) is 5.69 Å². The molecular formula is C12H10BrNO3S. The summed E-state index contributed by atoms with van der Waals surface area (Å²) < 4.78 is 2.24. The van der Waals surface area contributed by atoms with Gasteiger partial charge in [-0.2, -0.15) is 0 Å². The molecule has 1 heterocycles. The minimum atomic E-state index is -1.01. The fourth-order valence-corrected chi connectivity index (χ4v) is 2.93. The first-order valence-electron chi connectivity index (χ1n) is 5.17. The predicted octanol–water partition coefficient (Wildman–Crippen LogP) is 2.73. The summed E-state index contributed by atoms with van der Waals surface area (Å²) in [6.07, 6.45) is 0. The highest BCUT2D eigenvalue weighted by Gasteiger charge is 2.14. The quantitative estimate of drug-likeness (QED) is 0.942. The van der Waals surface area contributed by atoms with Crippen molar-refractivity contribution in [3.8, 4) is 10.4 Å². The molecule has 0 saturated carbocycles. The molecule has 0 amide bonds. The van der Waals surface area contributed by atoms with E-state index in [0.717, 1.165) is 26.3 Å². The summed E-state index contributed by atoms with van der Waals surface area (Å²) in [5.74, 6) is -1.01. The van der Waals surface area contributed by atoms with Gasteiger partial charge >= 0.3 is 10.8 Å². The number of nitrogens with zero attached hydrogens (tertiary/aromatic N) is 1. The van der Waals surface area contributed by atoms with Gasteiger partial charge in [0.1, 0.15) is 6.54 Å². The molecule has 2 rings (SSSR count). The molecule has 1 N–H and O–H groups in total. The van der Waals surface area contributed by atoms with Crippen molar-refractivity contribution in [1.29, 1.82) is 0 Å². The molecule has 1 aromatic carbocycles. The standard InChI is InChI=1S/C12H10BrNO3S/c1-7-11(8-2-4-9(13)5-3-8)18-12(17)14(7)6-10(15)16/h2-5H,6H2,1H3,(H,15,16). The van der Waals surface area contributed by atoms with Gasteiger partial charge in [0.2, 0.25) is 0 Å². The lowest BCUT2D eigenvalue weighted by Crippen LogP contribution is -2.19. The van der Waals surface area contributed by atoms with E-state index in [-0.39, 0.29) is 11.4 Å². The van der Waals surface area contributed by atoms with Crippen LogP contribution in [0.2, 0.25) is 0 Å². The molecule has 0 aliphatic carbocycles. The van der Waals surface area contributed by atoms with Crippen LogP contribution in [-0.2, 0) is 11.3 Å². The summed E-state index contributed by atoms with van der Waals surface area (Å²) in [5, 5.41) is 8.77. The molecule has 0 saturated heterocycles. The van der Waals surface area contributed by atoms with Crippen molar-refractivity contribution in [1.82, 2.24) is 4.57 Å². The van der Waals surface area contributed by atoms with Crippen LogP contribution in [-0.4, -0.2) is 15.6 Å². The summed E-state index contributed by atoms with van der Waals surface area (Å²) in [5.41, 5.74) is 1.61. The summed E-state index contributed by atoms with van der Waals surface area (Å²) in [4.78, 5) is 23.0. The summed E-state index contributed by atoms with van der Waals surface area (Å²) in [7, 11) is 0. The smallest absolute Gasteiger partial charge is 0.323 e. The van der Waals surface area contributed by atoms with Crippen LogP contribution in [0.15, 0.2) is 33.5 Å². The van der Waals surface area contributed by atoms with Gasteiger partial charge < -0.3 is 5.11 Å². The molecule has 2 aromatic rings. The monoisotopic (exact) mass is 327 g/mol. The van der Waals surface area contributed by atoms with Crippen molar-refractivity contribution in [2.75, 3.05) is 0 Å². The van der Waals surface area contributed by atoms with Gasteiger partial charge in [-0.25, -0.2) is 0 Å². The molecule has 0 bridgehead atoms. The number of rotatable bonds is 3. The third-order valence-electron chi connectivity index (χ3n) is 2.54. The lowest BCUT2D eigenvalue weighted by molar-refractivity contribution is -0.137. The second-order valence-corrected chi connectivity index (χ2v) is 5.65. The number of halogens is 1. The van der Waals surface area contributed by atoms with Gasteiger partial charge in [0.15, 0.2) is 0 Å². The summed E-state index contributed by atoms with van der Waals surface area (Å²) in [6, 6.07) is 7.57. The number of aromatic nitrogens is 1. The van der Waals surface area contributed by atoms with E-state index in [9.17, 15) is 9.59 Å². The zero-order valence-corrected chi connectivity index (χ0v) is 11.9. The Morgan fingerprint density at radius 2 is 2.00 bits per heavy atom. The lowest BCUT2D eigenvalue weighted by atomic mass is 10.1. The van der Waals surface area contributed by atoms with E-state index in [4.69, 9.17) is 5.11 Å². The molecule has 0 radical (unpaired) electrons. The van der Waals surface area contributed by atoms with Crippen LogP contribution in [0.4, 0.5) is 0 Å². The molecule has 0 unspecified atom stereocenters. The predicted molar refractivity (Wildman–Crippen MR) is 74.1 cm³/mol. The topological polar surface area (TPSA) is 59.3 Å². The van der Waals surface area contributed by atoms with E-state index in [1.54, 1.807) is 6.92 Å². The van der Waals surface area contributed by atoms with E-state index in [1.807, 2.05) is 24.3 Å². The maximum atomic E-state index is 11.7. The highest BCUT2D eigenvalue weighted by atomic mass is 79.9. The number of aliphatic carboxylic acids is 1. The normalized spacial score (nSPS) is 10.6. The summed E-state index contributed by atoms with van der Waals surface area (Å²) >= 11 is 4.42. The molecule has 1 aromatic heterocycles. The third-order valence-corrected chi connectivity index (χ3v) is 4.20. The highest BCUT2D eigenvalue weighted by Crippen LogP contribution is 2.27. The number of carbonyl (C=O) groups is 1. The van der Waals surface area contributed by atoms with Crippen molar-refractivity contribution < 1.29 is 9.90 Å². The van der Waals surface area contributed by atoms with Gasteiger partial charge in [-0.1, -0.05) is 39.4 Å². The first kappa shape index (κ1) is 13.0. The molecule has 0 aliphatic heterocycles. The Balaban J connectivity index is 2.50. The zero-order valence-electron chi connectivity index (χ0n) is 9.51. The number of thiazole rings is 1. The van der Waals surface area contributed by atoms with E-state index >= 15 is 0 Å². The van der Waals surface area contributed by atoms with Crippen LogP contribution in [0.3, 0.4) is 0 Å². The molecule has 94 valence electrons. The second-order valence-electron chi connectivity index (χ2n) is 3.77. The average Bonchev–Trinajstić information content (AvgIpc) is 2.58. The Bertz CT molecular complexity index is 642. The maximum Gasteiger partial charge on any atom is 0.323 e. The Morgan fingerprint density at radius 3 is 2.56 bits per heavy atom. The molecule has 6 heteroatoms. The lowest BCUT2D eigenvalue weighted by Gasteiger charge is -2.03. The van der Waals surface area contributed by atoms with Crippen molar-refractivity contribution in [3.63, 3.8) is 0 Å². The molecule has 0 aliphatic rings. The van der Waals surface area contributed by atoms with E-state index in [1.165, 1.54) is 4.57 Å². The number of benzene rings is 1. The molecule has 0 spiro atoms. The Labute approximate surface area is 116 Å². The molecule has 18 heavy (non-hydrogen) atoms. The largest absolute Gasteiger partial charge is 0.480 e. The Kier molecular flexibility index (Phi) is 3.68. The Hall–Kier alpha value is -1.40. The average molecular weight is 328 g/mol. The molecule has 0 fully saturated rings. The fourth-order valence-electron chi connectivity index (χ4n) is 1.66. The minimum Gasteiger partial charge on any atom is -0.480 e. The SMILES string of the molecule is Cc1c(-c2ccc(Br)cc2)sc(=O)n1CC(=O)O. The third kappa shape index (κ3) is 2.54. The van der Waals surface area contributed by atoms with Crippen LogP contribution in [0.5, 0.6) is 0 Å². The number of hydrogen-bond donors (Lipinski definition) is 1. The van der Waals surface area contributed by atoms with Gasteiger partial charge in [-0.3, -0.25) is 14.2 Å². The molecule has 0 atom stereocenters. The van der Waals surface area contributed by atoms with Crippen LogP contribution >= 0.6 is 27.3 Å². The second kappa shape index (κ2) is 5.07. The van der Waals surface area contributed by atoms with Crippen molar-refractivity contribution in [2.24, 2.45) is 0 Å². The van der Waals surface area contributed by atoms with Gasteiger partial charge in [0.25, 0.3) is 0 Å². The fraction of sp³-hybridized carbons (Fsp3) is 0.167. The first-order valence-corrected chi connectivity index (χ1v) is 6.78. The number of hydrogen-bond acceptors (Lipinski definition) is 3. The van der Waals surface area contributed by atoms with E-state index in [2.05, 4.69) is 15.9 Å². The van der Waals surface area contributed by atoms with Gasteiger partial charge in [-0.15, -0.1) is 0 Å². The number of carboxylic acid groups (broad SMARTS) is 1. The highest BCUT2D eigenvalue weighted by molar-refractivity contribution is 9.10. The van der Waals surface area contributed by atoms with Crippen LogP contribution < -0.4 is 4.87 Å². The van der Waals surface area contributed by atoms with Crippen LogP contribution in [0.25, 0.3) is 10.4 Å². The Morgan fingerprint density at radius 1 is 1.39 bits per heavy atom. The summed E-state index contributed by atoms with van der Waals surface area (Å²) in [6.45, 7) is 1.47. The first-order chi connectivity index (χ1) is 8.49. The number of carboxylic acids is 1. The van der Waals surface area contributed by atoms with Crippen molar-refractivity contribution in [2.45, 2.75) is 13.5 Å². The van der Waals surface area contributed by atoms with Crippen LogP contribution in [0, 0.1) is 6.92 Å². The van der Waals surface area contributed by atoms with Gasteiger partial charge in [0.05, 0.1) is 4.88 Å². The molecule has 4 nitrogen and oxygen atoms in total. The minimum absolute atomic E-state index is 0.243.